The molecule has 6 heteroatoms. The number of aliphatic hydroxyl groups excluding tert-OH is 1. The molecule has 1 N–H and O–H groups in total. The zero-order valence-corrected chi connectivity index (χ0v) is 13.4. The fourth-order valence-corrected chi connectivity index (χ4v) is 3.16. The van der Waals surface area contributed by atoms with Crippen molar-refractivity contribution in [1.82, 2.24) is 19.7 Å². The van der Waals surface area contributed by atoms with E-state index in [9.17, 15) is 0 Å². The molecule has 0 spiro atoms. The van der Waals surface area contributed by atoms with Crippen molar-refractivity contribution in [2.24, 2.45) is 0 Å². The molecule has 0 saturated carbocycles. The van der Waals surface area contributed by atoms with Gasteiger partial charge in [0.25, 0.3) is 0 Å². The first-order chi connectivity index (χ1) is 9.51. The predicted molar refractivity (Wildman–Crippen MR) is 80.8 cm³/mol. The quantitative estimate of drug-likeness (QED) is 0.884. The van der Waals surface area contributed by atoms with Crippen molar-refractivity contribution in [3.63, 3.8) is 0 Å². The van der Waals surface area contributed by atoms with E-state index in [4.69, 9.17) is 5.11 Å². The molecule has 0 atom stereocenters. The van der Waals surface area contributed by atoms with Gasteiger partial charge in [-0.3, -0.25) is 9.58 Å². The molecule has 0 amide bonds. The molecule has 0 aliphatic rings. The summed E-state index contributed by atoms with van der Waals surface area (Å²) >= 11 is 1.70. The molecule has 0 bridgehead atoms. The minimum atomic E-state index is 0.121. The fraction of sp³-hybridized carbons (Fsp3) is 0.571. The lowest BCUT2D eigenvalue weighted by molar-refractivity contribution is 0.267. The van der Waals surface area contributed by atoms with Gasteiger partial charge < -0.3 is 5.11 Å². The van der Waals surface area contributed by atoms with Crippen LogP contribution in [0.25, 0.3) is 0 Å². The van der Waals surface area contributed by atoms with Gasteiger partial charge in [-0.2, -0.15) is 5.10 Å². The van der Waals surface area contributed by atoms with Crippen LogP contribution in [0.3, 0.4) is 0 Å². The molecule has 20 heavy (non-hydrogen) atoms. The van der Waals surface area contributed by atoms with Crippen molar-refractivity contribution < 1.29 is 5.11 Å². The SMILES string of the molecule is Cc1csc(CN(C)Cc2c(C)nn(CCO)c2C)n1. The summed E-state index contributed by atoms with van der Waals surface area (Å²) < 4.78 is 1.88. The minimum absolute atomic E-state index is 0.121. The number of hydrogen-bond donors (Lipinski definition) is 1. The predicted octanol–water partition coefficient (Wildman–Crippen LogP) is 1.89. The van der Waals surface area contributed by atoms with Gasteiger partial charge in [-0.05, 0) is 27.8 Å². The Hall–Kier alpha value is -1.24. The molecule has 5 nitrogen and oxygen atoms in total. The normalized spacial score (nSPS) is 11.5. The Morgan fingerprint density at radius 2 is 2.05 bits per heavy atom. The Balaban J connectivity index is 2.05. The second kappa shape index (κ2) is 6.47. The van der Waals surface area contributed by atoms with Gasteiger partial charge in [-0.15, -0.1) is 11.3 Å². The zero-order valence-electron chi connectivity index (χ0n) is 12.6. The van der Waals surface area contributed by atoms with E-state index in [0.29, 0.717) is 6.54 Å². The van der Waals surface area contributed by atoms with E-state index in [1.165, 1.54) is 5.56 Å². The largest absolute Gasteiger partial charge is 0.394 e. The van der Waals surface area contributed by atoms with Gasteiger partial charge >= 0.3 is 0 Å². The first-order valence-electron chi connectivity index (χ1n) is 6.74. The highest BCUT2D eigenvalue weighted by Crippen LogP contribution is 2.17. The zero-order chi connectivity index (χ0) is 14.7. The van der Waals surface area contributed by atoms with Gasteiger partial charge in [0.2, 0.25) is 0 Å². The molecule has 0 aliphatic heterocycles. The van der Waals surface area contributed by atoms with Crippen LogP contribution < -0.4 is 0 Å². The van der Waals surface area contributed by atoms with Crippen molar-refractivity contribution >= 4 is 11.3 Å². The molecule has 2 aromatic rings. The summed E-state index contributed by atoms with van der Waals surface area (Å²) in [6.45, 7) is 8.49. The fourth-order valence-electron chi connectivity index (χ4n) is 2.31. The van der Waals surface area contributed by atoms with Gasteiger partial charge in [0, 0.05) is 28.9 Å². The summed E-state index contributed by atoms with van der Waals surface area (Å²) in [6, 6.07) is 0. The molecule has 2 aromatic heterocycles. The van der Waals surface area contributed by atoms with Crippen molar-refractivity contribution in [2.75, 3.05) is 13.7 Å². The van der Waals surface area contributed by atoms with Crippen LogP contribution in [0.4, 0.5) is 0 Å². The van der Waals surface area contributed by atoms with Crippen molar-refractivity contribution in [3.05, 3.63) is 33.0 Å². The molecular formula is C14H22N4OS. The topological polar surface area (TPSA) is 54.2 Å². The maximum absolute atomic E-state index is 9.05. The third kappa shape index (κ3) is 3.45. The Labute approximate surface area is 123 Å². The average molecular weight is 294 g/mol. The number of nitrogens with zero attached hydrogens (tertiary/aromatic N) is 4. The van der Waals surface area contributed by atoms with Gasteiger partial charge in [0.15, 0.2) is 0 Å². The van der Waals surface area contributed by atoms with Crippen molar-refractivity contribution in [3.8, 4) is 0 Å². The van der Waals surface area contributed by atoms with E-state index in [-0.39, 0.29) is 6.61 Å². The molecule has 0 saturated heterocycles. The summed E-state index contributed by atoms with van der Waals surface area (Å²) in [5, 5.41) is 16.8. The van der Waals surface area contributed by atoms with E-state index in [0.717, 1.165) is 35.2 Å². The molecular weight excluding hydrogens is 272 g/mol. The summed E-state index contributed by atoms with van der Waals surface area (Å²) in [5.74, 6) is 0. The highest BCUT2D eigenvalue weighted by molar-refractivity contribution is 7.09. The number of hydrogen-bond acceptors (Lipinski definition) is 5. The maximum atomic E-state index is 9.05. The second-order valence-electron chi connectivity index (χ2n) is 5.15. The molecule has 110 valence electrons. The lowest BCUT2D eigenvalue weighted by Gasteiger charge is -2.15. The van der Waals surface area contributed by atoms with E-state index in [1.54, 1.807) is 11.3 Å². The number of aliphatic hydroxyl groups is 1. The van der Waals surface area contributed by atoms with Gasteiger partial charge in [-0.25, -0.2) is 4.98 Å². The van der Waals surface area contributed by atoms with E-state index in [2.05, 4.69) is 34.3 Å². The summed E-state index contributed by atoms with van der Waals surface area (Å²) in [7, 11) is 2.10. The Bertz CT molecular complexity index is 576. The molecule has 0 aliphatic carbocycles. The van der Waals surface area contributed by atoms with Gasteiger partial charge in [0.1, 0.15) is 5.01 Å². The van der Waals surface area contributed by atoms with Crippen molar-refractivity contribution in [2.45, 2.75) is 40.4 Å². The highest BCUT2D eigenvalue weighted by Gasteiger charge is 2.14. The minimum Gasteiger partial charge on any atom is -0.394 e. The molecule has 0 fully saturated rings. The van der Waals surface area contributed by atoms with Crippen LogP contribution in [0, 0.1) is 20.8 Å². The number of rotatable bonds is 6. The summed E-state index contributed by atoms with van der Waals surface area (Å²) in [5.41, 5.74) is 4.51. The highest BCUT2D eigenvalue weighted by atomic mass is 32.1. The summed E-state index contributed by atoms with van der Waals surface area (Å²) in [4.78, 5) is 6.74. The number of aryl methyl sites for hydroxylation is 2. The Kier molecular flexibility index (Phi) is 4.91. The lowest BCUT2D eigenvalue weighted by Crippen LogP contribution is -2.18. The van der Waals surface area contributed by atoms with Crippen LogP contribution in [0.5, 0.6) is 0 Å². The smallest absolute Gasteiger partial charge is 0.107 e. The van der Waals surface area contributed by atoms with E-state index >= 15 is 0 Å². The van der Waals surface area contributed by atoms with Crippen LogP contribution in [0.2, 0.25) is 0 Å². The summed E-state index contributed by atoms with van der Waals surface area (Å²) in [6.07, 6.45) is 0. The number of thiazole rings is 1. The van der Waals surface area contributed by atoms with Crippen LogP contribution >= 0.6 is 11.3 Å². The average Bonchev–Trinajstić information content (AvgIpc) is 2.89. The van der Waals surface area contributed by atoms with Crippen LogP contribution in [0.15, 0.2) is 5.38 Å². The first kappa shape index (κ1) is 15.2. The molecule has 0 aromatic carbocycles. The van der Waals surface area contributed by atoms with Gasteiger partial charge in [0.05, 0.1) is 25.4 Å². The monoisotopic (exact) mass is 294 g/mol. The number of aromatic nitrogens is 3. The van der Waals surface area contributed by atoms with Crippen LogP contribution in [-0.2, 0) is 19.6 Å². The standard InChI is InChI=1S/C14H22N4OS/c1-10-9-20-14(15-10)8-17(4)7-13-11(2)16-18(5-6-19)12(13)3/h9,19H,5-8H2,1-4H3. The molecule has 0 radical (unpaired) electrons. The molecule has 2 heterocycles. The first-order valence-corrected chi connectivity index (χ1v) is 7.62. The Morgan fingerprint density at radius 3 is 2.65 bits per heavy atom. The molecule has 2 rings (SSSR count). The van der Waals surface area contributed by atoms with Crippen LogP contribution in [-0.4, -0.2) is 38.4 Å². The van der Waals surface area contributed by atoms with Crippen LogP contribution in [0.1, 0.15) is 27.7 Å². The maximum Gasteiger partial charge on any atom is 0.107 e. The molecule has 0 unspecified atom stereocenters. The van der Waals surface area contributed by atoms with E-state index in [1.807, 2.05) is 18.5 Å². The third-order valence-electron chi connectivity index (χ3n) is 3.34. The third-order valence-corrected chi connectivity index (χ3v) is 4.29. The van der Waals surface area contributed by atoms with E-state index < -0.39 is 0 Å². The Morgan fingerprint density at radius 1 is 1.30 bits per heavy atom. The lowest BCUT2D eigenvalue weighted by atomic mass is 10.2. The van der Waals surface area contributed by atoms with Crippen molar-refractivity contribution in [1.29, 1.82) is 0 Å². The van der Waals surface area contributed by atoms with Gasteiger partial charge in [-0.1, -0.05) is 0 Å². The second-order valence-corrected chi connectivity index (χ2v) is 6.09.